The smallest absolute Gasteiger partial charge is 0.0833 e. The largest absolute Gasteiger partial charge is 0.389 e. The van der Waals surface area contributed by atoms with E-state index in [2.05, 4.69) is 5.32 Å². The minimum absolute atomic E-state index is 0.524. The zero-order valence-electron chi connectivity index (χ0n) is 10.3. The molecule has 0 saturated heterocycles. The molecule has 0 fully saturated rings. The maximum Gasteiger partial charge on any atom is 0.0833 e. The quantitative estimate of drug-likeness (QED) is 0.592. The Hall–Kier alpha value is 0.230. The molecule has 0 saturated carbocycles. The molecule has 1 atom stereocenters. The fourth-order valence-electron chi connectivity index (χ4n) is 1.43. The number of thioether (sulfide) groups is 1. The third-order valence-corrected chi connectivity index (χ3v) is 3.64. The van der Waals surface area contributed by atoms with E-state index < -0.39 is 11.2 Å². The fourth-order valence-corrected chi connectivity index (χ4v) is 2.15. The lowest BCUT2D eigenvalue weighted by atomic mass is 9.97. The van der Waals surface area contributed by atoms with E-state index in [-0.39, 0.29) is 0 Å². The molecule has 0 heterocycles. The lowest BCUT2D eigenvalue weighted by molar-refractivity contribution is 0.0227. The molecule has 4 heteroatoms. The average molecular weight is 235 g/mol. The molecule has 0 amide bonds. The van der Waals surface area contributed by atoms with Crippen molar-refractivity contribution in [1.29, 1.82) is 0 Å². The molecule has 0 aromatic heterocycles. The highest BCUT2D eigenvalue weighted by Crippen LogP contribution is 2.14. The molecule has 0 spiro atoms. The summed E-state index contributed by atoms with van der Waals surface area (Å²) in [5.74, 6) is 0.705. The first kappa shape index (κ1) is 15.2. The predicted molar refractivity (Wildman–Crippen MR) is 67.4 cm³/mol. The van der Waals surface area contributed by atoms with Crippen molar-refractivity contribution in [3.8, 4) is 0 Å². The Labute approximate surface area is 97.7 Å². The molecule has 0 aliphatic heterocycles. The molecule has 0 radical (unpaired) electrons. The molecule has 0 bridgehead atoms. The van der Waals surface area contributed by atoms with E-state index >= 15 is 0 Å². The van der Waals surface area contributed by atoms with E-state index in [9.17, 15) is 10.2 Å². The van der Waals surface area contributed by atoms with Crippen molar-refractivity contribution in [2.24, 2.45) is 0 Å². The number of nitrogens with one attached hydrogen (secondary N) is 1. The van der Waals surface area contributed by atoms with Crippen molar-refractivity contribution in [3.05, 3.63) is 0 Å². The van der Waals surface area contributed by atoms with Crippen LogP contribution in [0.3, 0.4) is 0 Å². The van der Waals surface area contributed by atoms with Gasteiger partial charge in [0.25, 0.3) is 0 Å². The van der Waals surface area contributed by atoms with Crippen molar-refractivity contribution in [2.75, 3.05) is 25.1 Å². The van der Waals surface area contributed by atoms with Gasteiger partial charge in [0.15, 0.2) is 0 Å². The Balaban J connectivity index is 3.87. The third kappa shape index (κ3) is 6.40. The first-order valence-corrected chi connectivity index (χ1v) is 6.93. The normalized spacial score (nSPS) is 16.4. The summed E-state index contributed by atoms with van der Waals surface area (Å²) in [6, 6.07) is 0. The van der Waals surface area contributed by atoms with Crippen LogP contribution in [0.5, 0.6) is 0 Å². The van der Waals surface area contributed by atoms with Crippen LogP contribution in [0.25, 0.3) is 0 Å². The fraction of sp³-hybridized carbons (Fsp3) is 1.00. The van der Waals surface area contributed by atoms with Gasteiger partial charge in [-0.2, -0.15) is 11.8 Å². The molecular weight excluding hydrogens is 210 g/mol. The number of rotatable bonds is 8. The Morgan fingerprint density at radius 1 is 1.13 bits per heavy atom. The van der Waals surface area contributed by atoms with Crippen molar-refractivity contribution in [2.45, 2.75) is 44.8 Å². The zero-order chi connectivity index (χ0) is 11.9. The van der Waals surface area contributed by atoms with Crippen LogP contribution in [0.15, 0.2) is 0 Å². The van der Waals surface area contributed by atoms with E-state index in [4.69, 9.17) is 0 Å². The molecule has 0 aliphatic rings. The second-order valence-corrected chi connectivity index (χ2v) is 5.33. The SMILES string of the molecule is CCC(O)(CC)CNCC(C)(O)CSC. The maximum absolute atomic E-state index is 10.0. The van der Waals surface area contributed by atoms with E-state index in [1.54, 1.807) is 11.8 Å². The van der Waals surface area contributed by atoms with Crippen LogP contribution in [0.4, 0.5) is 0 Å². The highest BCUT2D eigenvalue weighted by atomic mass is 32.2. The second-order valence-electron chi connectivity index (χ2n) is 4.46. The molecule has 0 rings (SSSR count). The Morgan fingerprint density at radius 2 is 1.67 bits per heavy atom. The lowest BCUT2D eigenvalue weighted by Gasteiger charge is -2.29. The molecule has 0 aromatic rings. The highest BCUT2D eigenvalue weighted by molar-refractivity contribution is 7.98. The highest BCUT2D eigenvalue weighted by Gasteiger charge is 2.24. The molecule has 3 N–H and O–H groups in total. The zero-order valence-corrected chi connectivity index (χ0v) is 11.2. The summed E-state index contributed by atoms with van der Waals surface area (Å²) in [7, 11) is 0. The number of aliphatic hydroxyl groups is 2. The average Bonchev–Trinajstić information content (AvgIpc) is 2.17. The molecular formula is C11H25NO2S. The van der Waals surface area contributed by atoms with Crippen LogP contribution in [0, 0.1) is 0 Å². The van der Waals surface area contributed by atoms with E-state index in [0.29, 0.717) is 18.8 Å². The topological polar surface area (TPSA) is 52.5 Å². The van der Waals surface area contributed by atoms with Gasteiger partial charge in [0.05, 0.1) is 11.2 Å². The Kier molecular flexibility index (Phi) is 6.84. The monoisotopic (exact) mass is 235 g/mol. The molecule has 92 valence electrons. The van der Waals surface area contributed by atoms with Gasteiger partial charge < -0.3 is 15.5 Å². The van der Waals surface area contributed by atoms with Gasteiger partial charge in [0.1, 0.15) is 0 Å². The number of hydrogen-bond donors (Lipinski definition) is 3. The van der Waals surface area contributed by atoms with E-state index in [1.165, 1.54) is 0 Å². The third-order valence-electron chi connectivity index (χ3n) is 2.73. The van der Waals surface area contributed by atoms with Crippen LogP contribution >= 0.6 is 11.8 Å². The first-order valence-electron chi connectivity index (χ1n) is 5.53. The van der Waals surface area contributed by atoms with Gasteiger partial charge in [-0.05, 0) is 26.0 Å². The van der Waals surface area contributed by atoms with Gasteiger partial charge in [-0.3, -0.25) is 0 Å². The van der Waals surface area contributed by atoms with Crippen molar-refractivity contribution < 1.29 is 10.2 Å². The van der Waals surface area contributed by atoms with Gasteiger partial charge in [-0.25, -0.2) is 0 Å². The van der Waals surface area contributed by atoms with Gasteiger partial charge in [-0.15, -0.1) is 0 Å². The second kappa shape index (κ2) is 6.74. The molecule has 0 aliphatic carbocycles. The minimum Gasteiger partial charge on any atom is -0.389 e. The summed E-state index contributed by atoms with van der Waals surface area (Å²) in [6.07, 6.45) is 3.45. The van der Waals surface area contributed by atoms with Crippen LogP contribution in [0.2, 0.25) is 0 Å². The van der Waals surface area contributed by atoms with Gasteiger partial charge in [-0.1, -0.05) is 13.8 Å². The molecule has 3 nitrogen and oxygen atoms in total. The summed E-state index contributed by atoms with van der Waals surface area (Å²) in [5, 5.41) is 23.0. The standard InChI is InChI=1S/C11H25NO2S/c1-5-11(14,6-2)8-12-7-10(3,13)9-15-4/h12-14H,5-9H2,1-4H3. The van der Waals surface area contributed by atoms with Gasteiger partial charge in [0, 0.05) is 18.8 Å². The molecule has 1 unspecified atom stereocenters. The predicted octanol–water partition coefficient (Wildman–Crippen LogP) is 1.24. The van der Waals surface area contributed by atoms with Crippen molar-refractivity contribution in [3.63, 3.8) is 0 Å². The first-order chi connectivity index (χ1) is 6.89. The van der Waals surface area contributed by atoms with Crippen LogP contribution in [-0.4, -0.2) is 46.5 Å². The summed E-state index contributed by atoms with van der Waals surface area (Å²) in [6.45, 7) is 6.84. The van der Waals surface area contributed by atoms with Crippen LogP contribution in [-0.2, 0) is 0 Å². The molecule has 0 aromatic carbocycles. The van der Waals surface area contributed by atoms with Gasteiger partial charge >= 0.3 is 0 Å². The van der Waals surface area contributed by atoms with Gasteiger partial charge in [0.2, 0.25) is 0 Å². The summed E-state index contributed by atoms with van der Waals surface area (Å²) >= 11 is 1.63. The van der Waals surface area contributed by atoms with Crippen LogP contribution in [0.1, 0.15) is 33.6 Å². The summed E-state index contributed by atoms with van der Waals surface area (Å²) in [5.41, 5.74) is -1.32. The summed E-state index contributed by atoms with van der Waals surface area (Å²) in [4.78, 5) is 0. The van der Waals surface area contributed by atoms with E-state index in [1.807, 2.05) is 27.0 Å². The van der Waals surface area contributed by atoms with Crippen LogP contribution < -0.4 is 5.32 Å². The van der Waals surface area contributed by atoms with Crippen molar-refractivity contribution >= 4 is 11.8 Å². The molecule has 15 heavy (non-hydrogen) atoms. The van der Waals surface area contributed by atoms with E-state index in [0.717, 1.165) is 12.8 Å². The maximum atomic E-state index is 10.0. The Bertz CT molecular complexity index is 170. The number of hydrogen-bond acceptors (Lipinski definition) is 4. The lowest BCUT2D eigenvalue weighted by Crippen LogP contribution is -2.46. The van der Waals surface area contributed by atoms with Crippen molar-refractivity contribution in [1.82, 2.24) is 5.32 Å². The Morgan fingerprint density at radius 3 is 2.07 bits per heavy atom. The summed E-state index contributed by atoms with van der Waals surface area (Å²) < 4.78 is 0. The minimum atomic E-state index is -0.693.